The van der Waals surface area contributed by atoms with Crippen LogP contribution in [0.2, 0.25) is 0 Å². The highest BCUT2D eigenvalue weighted by molar-refractivity contribution is 7.07. The first-order chi connectivity index (χ1) is 12.9. The maximum absolute atomic E-state index is 13.4. The minimum absolute atomic E-state index is 0.0606. The smallest absolute Gasteiger partial charge is 0.267 e. The second-order valence-corrected chi connectivity index (χ2v) is 6.34. The van der Waals surface area contributed by atoms with Crippen molar-refractivity contribution in [2.24, 2.45) is 0 Å². The van der Waals surface area contributed by atoms with Crippen LogP contribution in [0.1, 0.15) is 5.56 Å². The van der Waals surface area contributed by atoms with Gasteiger partial charge in [0.1, 0.15) is 22.6 Å². The fraction of sp³-hybridized carbons (Fsp3) is 0. The number of halogens is 3. The van der Waals surface area contributed by atoms with Crippen LogP contribution in [0.15, 0.2) is 47.3 Å². The Morgan fingerprint density at radius 2 is 1.67 bits per heavy atom. The summed E-state index contributed by atoms with van der Waals surface area (Å²) in [6.45, 7) is 0. The molecular weight excluding hydrogens is 375 g/mol. The summed E-state index contributed by atoms with van der Waals surface area (Å²) in [6.07, 6.45) is 1.32. The Balaban J connectivity index is 2.36. The Morgan fingerprint density at radius 1 is 1.00 bits per heavy atom. The molecule has 0 aliphatic carbocycles. The molecule has 0 radical (unpaired) electrons. The van der Waals surface area contributed by atoms with Crippen molar-refractivity contribution < 1.29 is 13.2 Å². The summed E-state index contributed by atoms with van der Waals surface area (Å²) in [7, 11) is 0. The first-order valence-corrected chi connectivity index (χ1v) is 8.25. The third-order valence-electron chi connectivity index (χ3n) is 3.59. The van der Waals surface area contributed by atoms with Crippen LogP contribution < -0.4 is 14.8 Å². The number of aromatic nitrogens is 1. The zero-order valence-corrected chi connectivity index (χ0v) is 14.2. The number of hydrogen-bond donors (Lipinski definition) is 0. The van der Waals surface area contributed by atoms with Gasteiger partial charge in [-0.1, -0.05) is 6.07 Å². The molecule has 1 heterocycles. The molecule has 0 amide bonds. The van der Waals surface area contributed by atoms with Crippen LogP contribution >= 0.6 is 11.3 Å². The van der Waals surface area contributed by atoms with Crippen molar-refractivity contribution in [3.63, 3.8) is 0 Å². The third-order valence-corrected chi connectivity index (χ3v) is 4.68. The van der Waals surface area contributed by atoms with Gasteiger partial charge in [-0.05, 0) is 48.0 Å². The molecule has 0 fully saturated rings. The van der Waals surface area contributed by atoms with E-state index in [1.807, 2.05) is 0 Å². The van der Waals surface area contributed by atoms with Crippen molar-refractivity contribution in [3.8, 4) is 17.8 Å². The minimum Gasteiger partial charge on any atom is -0.267 e. The van der Waals surface area contributed by atoms with Crippen LogP contribution in [0.3, 0.4) is 0 Å². The highest BCUT2D eigenvalue weighted by Gasteiger charge is 2.11. The van der Waals surface area contributed by atoms with E-state index >= 15 is 0 Å². The van der Waals surface area contributed by atoms with Gasteiger partial charge in [-0.25, -0.2) is 13.2 Å². The quantitative estimate of drug-likeness (QED) is 0.682. The molecule has 0 saturated heterocycles. The van der Waals surface area contributed by atoms with Crippen LogP contribution in [-0.2, 0) is 0 Å². The molecule has 3 aromatic rings. The topological polar surface area (TPSA) is 69.6 Å². The van der Waals surface area contributed by atoms with Crippen molar-refractivity contribution in [1.82, 2.24) is 4.57 Å². The van der Waals surface area contributed by atoms with Crippen LogP contribution in [0, 0.1) is 40.1 Å². The highest BCUT2D eigenvalue weighted by atomic mass is 32.1. The first kappa shape index (κ1) is 18.2. The van der Waals surface area contributed by atoms with Crippen LogP contribution in [0.5, 0.6) is 0 Å². The molecule has 0 bridgehead atoms. The Bertz CT molecular complexity index is 1280. The van der Waals surface area contributed by atoms with E-state index in [2.05, 4.69) is 0 Å². The summed E-state index contributed by atoms with van der Waals surface area (Å²) in [5.41, 5.74) is -0.373. The van der Waals surface area contributed by atoms with Crippen molar-refractivity contribution in [3.05, 3.63) is 85.0 Å². The van der Waals surface area contributed by atoms with E-state index in [9.17, 15) is 28.5 Å². The summed E-state index contributed by atoms with van der Waals surface area (Å²) in [5, 5.41) is 18.3. The second-order valence-electron chi connectivity index (χ2n) is 5.30. The Hall–Kier alpha value is -3.62. The third kappa shape index (κ3) is 3.52. The van der Waals surface area contributed by atoms with Crippen molar-refractivity contribution >= 4 is 23.0 Å². The monoisotopic (exact) mass is 383 g/mol. The Morgan fingerprint density at radius 3 is 2.26 bits per heavy atom. The average Bonchev–Trinajstić information content (AvgIpc) is 2.96. The van der Waals surface area contributed by atoms with Crippen molar-refractivity contribution in [2.75, 3.05) is 0 Å². The SMILES string of the molecule is N#CC(C#N)=c1s/c(=C/c2ccc(F)c(F)c2)c(=O)n1-c1ccc(F)cc1. The Kier molecular flexibility index (Phi) is 4.93. The van der Waals surface area contributed by atoms with Gasteiger partial charge in [-0.3, -0.25) is 9.36 Å². The normalized spacial score (nSPS) is 11.1. The van der Waals surface area contributed by atoms with Gasteiger partial charge in [0.15, 0.2) is 17.2 Å². The molecule has 0 aliphatic heterocycles. The molecule has 0 unspecified atom stereocenters. The van der Waals surface area contributed by atoms with E-state index in [1.165, 1.54) is 24.3 Å². The number of rotatable bonds is 2. The zero-order valence-electron chi connectivity index (χ0n) is 13.4. The van der Waals surface area contributed by atoms with Gasteiger partial charge < -0.3 is 0 Å². The predicted molar refractivity (Wildman–Crippen MR) is 93.7 cm³/mol. The van der Waals surface area contributed by atoms with E-state index in [0.29, 0.717) is 0 Å². The largest absolute Gasteiger partial charge is 0.273 e. The molecule has 1 aromatic heterocycles. The second kappa shape index (κ2) is 7.32. The van der Waals surface area contributed by atoms with Crippen molar-refractivity contribution in [1.29, 1.82) is 10.5 Å². The standard InChI is InChI=1S/C19H8F3N3OS/c20-13-2-4-14(5-3-13)25-18(26)17(27-19(25)12(9-23)10-24)8-11-1-6-15(21)16(22)7-11/h1-8H/b17-8+. The van der Waals surface area contributed by atoms with E-state index in [4.69, 9.17) is 0 Å². The van der Waals surface area contributed by atoms with Gasteiger partial charge in [0.05, 0.1) is 10.2 Å². The summed E-state index contributed by atoms with van der Waals surface area (Å²) < 4.78 is 40.9. The zero-order chi connectivity index (χ0) is 19.6. The number of hydrogen-bond acceptors (Lipinski definition) is 4. The van der Waals surface area contributed by atoms with Crippen LogP contribution in [0.25, 0.3) is 17.3 Å². The minimum atomic E-state index is -1.07. The molecule has 0 aliphatic rings. The van der Waals surface area contributed by atoms with Gasteiger partial charge in [0.25, 0.3) is 5.56 Å². The van der Waals surface area contributed by atoms with E-state index in [0.717, 1.165) is 40.2 Å². The lowest BCUT2D eigenvalue weighted by atomic mass is 10.2. The van der Waals surface area contributed by atoms with E-state index < -0.39 is 23.0 Å². The summed E-state index contributed by atoms with van der Waals surface area (Å²) in [5.74, 6) is -2.60. The first-order valence-electron chi connectivity index (χ1n) is 7.43. The molecule has 3 rings (SSSR count). The molecule has 0 N–H and O–H groups in total. The van der Waals surface area contributed by atoms with E-state index in [-0.39, 0.29) is 26.0 Å². The molecule has 0 saturated carbocycles. The van der Waals surface area contributed by atoms with Gasteiger partial charge in [0, 0.05) is 0 Å². The number of benzene rings is 2. The lowest BCUT2D eigenvalue weighted by Crippen LogP contribution is -2.30. The maximum atomic E-state index is 13.4. The molecule has 0 atom stereocenters. The molecule has 2 aromatic carbocycles. The fourth-order valence-electron chi connectivity index (χ4n) is 2.35. The lowest BCUT2D eigenvalue weighted by Gasteiger charge is -2.01. The summed E-state index contributed by atoms with van der Waals surface area (Å²) in [4.78, 5) is 12.8. The number of nitriles is 2. The van der Waals surface area contributed by atoms with Gasteiger partial charge in [-0.2, -0.15) is 10.5 Å². The molecule has 0 spiro atoms. The van der Waals surface area contributed by atoms with Crippen LogP contribution in [0.4, 0.5) is 13.2 Å². The van der Waals surface area contributed by atoms with Gasteiger partial charge in [-0.15, -0.1) is 11.3 Å². The number of thiazole rings is 1. The van der Waals surface area contributed by atoms with Crippen LogP contribution in [-0.4, -0.2) is 4.57 Å². The average molecular weight is 383 g/mol. The molecule has 8 heteroatoms. The van der Waals surface area contributed by atoms with Gasteiger partial charge in [0.2, 0.25) is 0 Å². The van der Waals surface area contributed by atoms with E-state index in [1.54, 1.807) is 12.1 Å². The fourth-order valence-corrected chi connectivity index (χ4v) is 3.40. The Labute approximate surface area is 154 Å². The molecule has 132 valence electrons. The van der Waals surface area contributed by atoms with Crippen molar-refractivity contribution in [2.45, 2.75) is 0 Å². The summed E-state index contributed by atoms with van der Waals surface area (Å²) >= 11 is 0.850. The van der Waals surface area contributed by atoms with Gasteiger partial charge >= 0.3 is 0 Å². The molecular formula is C19H8F3N3OS. The molecule has 4 nitrogen and oxygen atoms in total. The number of nitrogens with zero attached hydrogens (tertiary/aromatic N) is 3. The highest BCUT2D eigenvalue weighted by Crippen LogP contribution is 2.09. The maximum Gasteiger partial charge on any atom is 0.273 e. The molecule has 27 heavy (non-hydrogen) atoms. The summed E-state index contributed by atoms with van der Waals surface area (Å²) in [6, 6.07) is 11.5. The lowest BCUT2D eigenvalue weighted by molar-refractivity contribution is 0.508. The predicted octanol–water partition coefficient (Wildman–Crippen LogP) is 2.34.